The third-order valence-electron chi connectivity index (χ3n) is 5.25. The fourth-order valence-corrected chi connectivity index (χ4v) is 3.76. The number of fused-ring (bicyclic) bond motifs is 3. The number of aromatic nitrogens is 2. The molecule has 1 N–H and O–H groups in total. The summed E-state index contributed by atoms with van der Waals surface area (Å²) in [6, 6.07) is 15.0. The Labute approximate surface area is 177 Å². The molecule has 0 bridgehead atoms. The Kier molecular flexibility index (Phi) is 4.70. The summed E-state index contributed by atoms with van der Waals surface area (Å²) < 4.78 is 14.7. The van der Waals surface area contributed by atoms with E-state index in [2.05, 4.69) is 15.4 Å². The number of hydrogen-bond donors (Lipinski definition) is 1. The van der Waals surface area contributed by atoms with Gasteiger partial charge in [-0.05, 0) is 29.8 Å². The average molecular weight is 418 g/mol. The van der Waals surface area contributed by atoms with Crippen molar-refractivity contribution in [3.8, 4) is 5.69 Å². The van der Waals surface area contributed by atoms with E-state index < -0.39 is 0 Å². The molecular formula is C22H19FN6O2. The molecule has 0 unspecified atom stereocenters. The zero-order chi connectivity index (χ0) is 21.4. The number of carbonyl (C=O) groups is 2. The Morgan fingerprint density at radius 1 is 1.10 bits per heavy atom. The van der Waals surface area contributed by atoms with Gasteiger partial charge in [-0.2, -0.15) is 5.10 Å². The maximum Gasteiger partial charge on any atom is 0.331 e. The molecule has 2 aliphatic heterocycles. The second kappa shape index (κ2) is 7.67. The summed E-state index contributed by atoms with van der Waals surface area (Å²) in [4.78, 5) is 33.4. The van der Waals surface area contributed by atoms with Gasteiger partial charge in [-0.1, -0.05) is 30.3 Å². The summed E-state index contributed by atoms with van der Waals surface area (Å²) >= 11 is 0. The highest BCUT2D eigenvalue weighted by Gasteiger charge is 2.41. The van der Waals surface area contributed by atoms with Crippen LogP contribution in [0, 0.1) is 5.82 Å². The number of halogens is 1. The summed E-state index contributed by atoms with van der Waals surface area (Å²) in [7, 11) is 0. The van der Waals surface area contributed by atoms with E-state index in [4.69, 9.17) is 0 Å². The van der Waals surface area contributed by atoms with Gasteiger partial charge in [0.05, 0.1) is 24.0 Å². The molecule has 0 aliphatic carbocycles. The first kappa shape index (κ1) is 19.0. The maximum absolute atomic E-state index is 13.2. The van der Waals surface area contributed by atoms with Crippen molar-refractivity contribution in [3.05, 3.63) is 77.7 Å². The van der Waals surface area contributed by atoms with E-state index in [-0.39, 0.29) is 30.8 Å². The molecule has 0 saturated carbocycles. The molecule has 2 aliphatic rings. The second-order valence-electron chi connectivity index (χ2n) is 7.26. The molecular weight excluding hydrogens is 399 g/mol. The molecule has 5 rings (SSSR count). The number of para-hydroxylation sites is 1. The Bertz CT molecular complexity index is 1170. The van der Waals surface area contributed by atoms with Crippen LogP contribution in [0.4, 0.5) is 15.0 Å². The second-order valence-corrected chi connectivity index (χ2v) is 7.26. The number of anilines is 1. The van der Waals surface area contributed by atoms with Gasteiger partial charge in [0.15, 0.2) is 5.82 Å². The number of nitrogens with zero attached hydrogens (tertiary/aromatic N) is 5. The van der Waals surface area contributed by atoms with Gasteiger partial charge < -0.3 is 5.32 Å². The van der Waals surface area contributed by atoms with E-state index in [9.17, 15) is 14.0 Å². The zero-order valence-electron chi connectivity index (χ0n) is 16.5. The van der Waals surface area contributed by atoms with Gasteiger partial charge in [0, 0.05) is 13.1 Å². The van der Waals surface area contributed by atoms with Crippen molar-refractivity contribution in [1.82, 2.24) is 20.0 Å². The van der Waals surface area contributed by atoms with Gasteiger partial charge >= 0.3 is 6.03 Å². The molecule has 3 heterocycles. The van der Waals surface area contributed by atoms with E-state index in [0.717, 1.165) is 11.3 Å². The quantitative estimate of drug-likeness (QED) is 0.690. The van der Waals surface area contributed by atoms with Crippen LogP contribution in [-0.2, 0) is 11.3 Å². The van der Waals surface area contributed by atoms with Gasteiger partial charge in [0.2, 0.25) is 5.91 Å². The summed E-state index contributed by atoms with van der Waals surface area (Å²) in [6.45, 7) is 1.05. The zero-order valence-corrected chi connectivity index (χ0v) is 16.5. The monoisotopic (exact) mass is 418 g/mol. The van der Waals surface area contributed by atoms with Crippen LogP contribution in [0.25, 0.3) is 5.69 Å². The van der Waals surface area contributed by atoms with E-state index in [0.29, 0.717) is 30.3 Å². The molecule has 156 valence electrons. The predicted octanol–water partition coefficient (Wildman–Crippen LogP) is 2.33. The van der Waals surface area contributed by atoms with Crippen molar-refractivity contribution in [3.63, 3.8) is 0 Å². The predicted molar refractivity (Wildman–Crippen MR) is 113 cm³/mol. The van der Waals surface area contributed by atoms with Crippen LogP contribution in [-0.4, -0.2) is 52.1 Å². The highest BCUT2D eigenvalue weighted by atomic mass is 19.1. The van der Waals surface area contributed by atoms with Crippen LogP contribution >= 0.6 is 0 Å². The number of aliphatic imine (C=N–C) groups is 1. The fourth-order valence-electron chi connectivity index (χ4n) is 3.76. The number of nitrogens with one attached hydrogen (secondary N) is 1. The van der Waals surface area contributed by atoms with Crippen LogP contribution in [0.15, 0.2) is 65.8 Å². The minimum Gasteiger partial charge on any atom is -0.350 e. The van der Waals surface area contributed by atoms with Crippen molar-refractivity contribution >= 4 is 23.6 Å². The van der Waals surface area contributed by atoms with Crippen LogP contribution in [0.2, 0.25) is 0 Å². The number of rotatable bonds is 5. The van der Waals surface area contributed by atoms with Crippen molar-refractivity contribution in [2.24, 2.45) is 4.99 Å². The normalized spacial score (nSPS) is 14.9. The summed E-state index contributed by atoms with van der Waals surface area (Å²) in [5.74, 6) is 0.443. The van der Waals surface area contributed by atoms with Crippen LogP contribution in [0.1, 0.15) is 11.1 Å². The molecule has 0 spiro atoms. The van der Waals surface area contributed by atoms with Gasteiger partial charge in [0.25, 0.3) is 0 Å². The van der Waals surface area contributed by atoms with Crippen LogP contribution in [0.3, 0.4) is 0 Å². The first-order valence-corrected chi connectivity index (χ1v) is 9.90. The first-order chi connectivity index (χ1) is 15.1. The lowest BCUT2D eigenvalue weighted by Crippen LogP contribution is -2.53. The largest absolute Gasteiger partial charge is 0.350 e. The number of carbonyl (C=O) groups excluding carboxylic acids is 2. The molecule has 9 heteroatoms. The standard InChI is InChI=1S/C22H19FN6O2/c23-16-8-6-15(7-9-16)12-25-19(30)14-28-21-18(20-24-10-11-27(20)22(28)31)13-26-29(21)17-4-2-1-3-5-17/h1-9,13H,10-12,14H2,(H,25,30). The Hall–Kier alpha value is -4.01. The summed E-state index contributed by atoms with van der Waals surface area (Å²) in [5.41, 5.74) is 2.26. The topological polar surface area (TPSA) is 82.8 Å². The van der Waals surface area contributed by atoms with E-state index in [1.807, 2.05) is 30.3 Å². The van der Waals surface area contributed by atoms with Crippen LogP contribution in [0.5, 0.6) is 0 Å². The number of benzene rings is 2. The van der Waals surface area contributed by atoms with Gasteiger partial charge in [-0.15, -0.1) is 0 Å². The third kappa shape index (κ3) is 3.43. The molecule has 3 aromatic rings. The van der Waals surface area contributed by atoms with E-state index in [1.165, 1.54) is 17.0 Å². The number of urea groups is 1. The van der Waals surface area contributed by atoms with Crippen LogP contribution < -0.4 is 10.2 Å². The van der Waals surface area contributed by atoms with Crippen molar-refractivity contribution < 1.29 is 14.0 Å². The van der Waals surface area contributed by atoms with Crippen molar-refractivity contribution in [2.75, 3.05) is 24.5 Å². The number of amidine groups is 1. The smallest absolute Gasteiger partial charge is 0.331 e. The average Bonchev–Trinajstić information content (AvgIpc) is 3.44. The molecule has 0 radical (unpaired) electrons. The third-order valence-corrected chi connectivity index (χ3v) is 5.25. The molecule has 31 heavy (non-hydrogen) atoms. The van der Waals surface area contributed by atoms with Gasteiger partial charge in [-0.3, -0.25) is 19.6 Å². The fraction of sp³-hybridized carbons (Fsp3) is 0.182. The molecule has 0 saturated heterocycles. The molecule has 0 fully saturated rings. The van der Waals surface area contributed by atoms with Crippen molar-refractivity contribution in [1.29, 1.82) is 0 Å². The molecule has 3 amide bonds. The van der Waals surface area contributed by atoms with Gasteiger partial charge in [0.1, 0.15) is 18.2 Å². The first-order valence-electron chi connectivity index (χ1n) is 9.90. The SMILES string of the molecule is O=C(CN1C(=O)N2CCN=C2c2cnn(-c3ccccc3)c21)NCc1ccc(F)cc1. The lowest BCUT2D eigenvalue weighted by atomic mass is 10.2. The molecule has 8 nitrogen and oxygen atoms in total. The molecule has 0 atom stereocenters. The lowest BCUT2D eigenvalue weighted by molar-refractivity contribution is -0.119. The number of hydrogen-bond acceptors (Lipinski definition) is 4. The van der Waals surface area contributed by atoms with Crippen molar-refractivity contribution in [2.45, 2.75) is 6.54 Å². The summed E-state index contributed by atoms with van der Waals surface area (Å²) in [6.07, 6.45) is 1.68. The van der Waals surface area contributed by atoms with E-state index in [1.54, 1.807) is 27.9 Å². The Morgan fingerprint density at radius 2 is 1.87 bits per heavy atom. The Balaban J connectivity index is 1.43. The maximum atomic E-state index is 13.2. The minimum absolute atomic E-state index is 0.171. The minimum atomic E-state index is -0.334. The number of amides is 3. The highest BCUT2D eigenvalue weighted by molar-refractivity contribution is 6.20. The summed E-state index contributed by atoms with van der Waals surface area (Å²) in [5, 5.41) is 7.26. The molecule has 2 aromatic carbocycles. The van der Waals surface area contributed by atoms with E-state index >= 15 is 0 Å². The highest BCUT2D eigenvalue weighted by Crippen LogP contribution is 2.32. The Morgan fingerprint density at radius 3 is 2.65 bits per heavy atom. The lowest BCUT2D eigenvalue weighted by Gasteiger charge is -2.33. The molecule has 1 aromatic heterocycles. The van der Waals surface area contributed by atoms with Gasteiger partial charge in [-0.25, -0.2) is 13.9 Å².